The minimum absolute atomic E-state index is 0.0254. The van der Waals surface area contributed by atoms with Gasteiger partial charge in [-0.1, -0.05) is 11.6 Å². The van der Waals surface area contributed by atoms with Gasteiger partial charge in [0.1, 0.15) is 11.2 Å². The minimum Gasteiger partial charge on any atom is -0.464 e. The first kappa shape index (κ1) is 20.5. The third-order valence-electron chi connectivity index (χ3n) is 6.29. The van der Waals surface area contributed by atoms with Crippen molar-refractivity contribution in [1.29, 1.82) is 0 Å². The molecule has 0 radical (unpaired) electrons. The zero-order valence-corrected chi connectivity index (χ0v) is 18.0. The molecule has 0 fully saturated rings. The van der Waals surface area contributed by atoms with Gasteiger partial charge < -0.3 is 14.2 Å². The number of hydrogen-bond acceptors (Lipinski definition) is 4. The van der Waals surface area contributed by atoms with E-state index in [9.17, 15) is 9.59 Å². The highest BCUT2D eigenvalue weighted by Gasteiger charge is 2.18. The first-order chi connectivity index (χ1) is 14.5. The van der Waals surface area contributed by atoms with Gasteiger partial charge in [0.15, 0.2) is 0 Å². The number of hydrogen-bond donors (Lipinski definition) is 1. The van der Waals surface area contributed by atoms with Crippen LogP contribution in [-0.4, -0.2) is 12.5 Å². The molecule has 1 aliphatic rings. The largest absolute Gasteiger partial charge is 0.464 e. The Kier molecular flexibility index (Phi) is 5.80. The van der Waals surface area contributed by atoms with Crippen LogP contribution in [0.2, 0.25) is 0 Å². The second-order valence-electron chi connectivity index (χ2n) is 8.37. The number of carbonyl (C=O) groups is 1. The quantitative estimate of drug-likeness (QED) is 0.438. The van der Waals surface area contributed by atoms with Crippen LogP contribution < -0.4 is 10.9 Å². The molecule has 158 valence electrons. The van der Waals surface area contributed by atoms with E-state index in [1.165, 1.54) is 18.4 Å². The maximum absolute atomic E-state index is 12.6. The number of benzene rings is 1. The van der Waals surface area contributed by atoms with Crippen molar-refractivity contribution in [2.75, 3.05) is 6.54 Å². The minimum atomic E-state index is -0.370. The van der Waals surface area contributed by atoms with Gasteiger partial charge in [0.05, 0.1) is 6.26 Å². The monoisotopic (exact) mass is 407 g/mol. The standard InChI is InChI=1S/C25H29NO4/c1-15-14-29-23-17(3)24-21(13-20(15)23)16(2)19(25(28)30-24)9-10-22(27)26-12-11-18-7-5-4-6-8-18/h7,13-14H,4-6,8-12H2,1-3H3,(H,26,27). The summed E-state index contributed by atoms with van der Waals surface area (Å²) in [4.78, 5) is 25.0. The summed E-state index contributed by atoms with van der Waals surface area (Å²) in [7, 11) is 0. The number of carbonyl (C=O) groups excluding carboxylic acids is 1. The summed E-state index contributed by atoms with van der Waals surface area (Å²) in [6.07, 6.45) is 10.4. The van der Waals surface area contributed by atoms with Crippen LogP contribution in [0.4, 0.5) is 0 Å². The first-order valence-corrected chi connectivity index (χ1v) is 10.8. The summed E-state index contributed by atoms with van der Waals surface area (Å²) in [6, 6.07) is 2.02. The first-order valence-electron chi connectivity index (χ1n) is 10.8. The second kappa shape index (κ2) is 8.50. The maximum atomic E-state index is 12.6. The van der Waals surface area contributed by atoms with Crippen LogP contribution in [0.3, 0.4) is 0 Å². The van der Waals surface area contributed by atoms with E-state index in [0.717, 1.165) is 52.3 Å². The van der Waals surface area contributed by atoms with Crippen LogP contribution in [0.5, 0.6) is 0 Å². The number of fused-ring (bicyclic) bond motifs is 2. The summed E-state index contributed by atoms with van der Waals surface area (Å²) in [5.74, 6) is -0.0254. The molecule has 1 aromatic carbocycles. The zero-order chi connectivity index (χ0) is 21.3. The Labute approximate surface area is 176 Å². The molecule has 2 heterocycles. The predicted octanol–water partition coefficient (Wildman–Crippen LogP) is 5.40. The van der Waals surface area contributed by atoms with Gasteiger partial charge in [-0.2, -0.15) is 0 Å². The molecule has 2 aromatic heterocycles. The van der Waals surface area contributed by atoms with Gasteiger partial charge in [-0.05, 0) is 76.5 Å². The number of allylic oxidation sites excluding steroid dienone is 1. The van der Waals surface area contributed by atoms with Gasteiger partial charge in [-0.15, -0.1) is 0 Å². The van der Waals surface area contributed by atoms with Crippen molar-refractivity contribution >= 4 is 27.8 Å². The highest BCUT2D eigenvalue weighted by atomic mass is 16.4. The summed E-state index contributed by atoms with van der Waals surface area (Å²) in [6.45, 7) is 6.50. The molecule has 0 atom stereocenters. The molecule has 5 heteroatoms. The number of aryl methyl sites for hydroxylation is 3. The fourth-order valence-corrected chi connectivity index (χ4v) is 4.43. The molecule has 3 aromatic rings. The Morgan fingerprint density at radius 2 is 1.90 bits per heavy atom. The van der Waals surface area contributed by atoms with Gasteiger partial charge in [-0.3, -0.25) is 4.79 Å². The molecule has 0 aliphatic heterocycles. The van der Waals surface area contributed by atoms with E-state index < -0.39 is 0 Å². The Morgan fingerprint density at radius 3 is 2.67 bits per heavy atom. The third kappa shape index (κ3) is 3.93. The number of furan rings is 1. The van der Waals surface area contributed by atoms with E-state index >= 15 is 0 Å². The molecule has 0 bridgehead atoms. The number of amides is 1. The van der Waals surface area contributed by atoms with Crippen molar-refractivity contribution in [3.8, 4) is 0 Å². The predicted molar refractivity (Wildman–Crippen MR) is 119 cm³/mol. The molecule has 1 amide bonds. The van der Waals surface area contributed by atoms with Gasteiger partial charge in [0.2, 0.25) is 5.91 Å². The van der Waals surface area contributed by atoms with Gasteiger partial charge in [0, 0.05) is 34.9 Å². The summed E-state index contributed by atoms with van der Waals surface area (Å²) in [5, 5.41) is 4.92. The van der Waals surface area contributed by atoms with E-state index in [2.05, 4.69) is 11.4 Å². The highest BCUT2D eigenvalue weighted by Crippen LogP contribution is 2.32. The van der Waals surface area contributed by atoms with Crippen molar-refractivity contribution in [2.24, 2.45) is 0 Å². The SMILES string of the molecule is Cc1coc2c(C)c3oc(=O)c(CCC(=O)NCCC4=CCCCC4)c(C)c3cc12. The van der Waals surface area contributed by atoms with Crippen LogP contribution in [0.15, 0.2) is 37.6 Å². The fourth-order valence-electron chi connectivity index (χ4n) is 4.43. The molecule has 0 unspecified atom stereocenters. The van der Waals surface area contributed by atoms with Crippen LogP contribution in [-0.2, 0) is 11.2 Å². The van der Waals surface area contributed by atoms with E-state index in [-0.39, 0.29) is 18.0 Å². The molecule has 4 rings (SSSR count). The Bertz CT molecular complexity index is 1200. The molecule has 0 spiro atoms. The van der Waals surface area contributed by atoms with Crippen molar-refractivity contribution < 1.29 is 13.6 Å². The van der Waals surface area contributed by atoms with E-state index in [1.807, 2.05) is 26.8 Å². The van der Waals surface area contributed by atoms with Crippen LogP contribution in [0.1, 0.15) is 60.8 Å². The van der Waals surface area contributed by atoms with Crippen molar-refractivity contribution in [1.82, 2.24) is 5.32 Å². The maximum Gasteiger partial charge on any atom is 0.339 e. The average molecular weight is 408 g/mol. The Balaban J connectivity index is 1.49. The molecular weight excluding hydrogens is 378 g/mol. The second-order valence-corrected chi connectivity index (χ2v) is 8.37. The molecule has 30 heavy (non-hydrogen) atoms. The van der Waals surface area contributed by atoms with Gasteiger partial charge >= 0.3 is 5.63 Å². The van der Waals surface area contributed by atoms with Crippen molar-refractivity contribution in [2.45, 2.75) is 65.7 Å². The smallest absolute Gasteiger partial charge is 0.339 e. The van der Waals surface area contributed by atoms with Gasteiger partial charge in [0.25, 0.3) is 0 Å². The lowest BCUT2D eigenvalue weighted by Gasteiger charge is -2.13. The molecule has 1 N–H and O–H groups in total. The Morgan fingerprint density at radius 1 is 1.07 bits per heavy atom. The lowest BCUT2D eigenvalue weighted by Crippen LogP contribution is -2.26. The lowest BCUT2D eigenvalue weighted by molar-refractivity contribution is -0.121. The normalized spacial score (nSPS) is 14.3. The lowest BCUT2D eigenvalue weighted by atomic mass is 9.97. The topological polar surface area (TPSA) is 72.5 Å². The van der Waals surface area contributed by atoms with E-state index in [1.54, 1.807) is 6.26 Å². The average Bonchev–Trinajstić information content (AvgIpc) is 3.11. The Hall–Kier alpha value is -2.82. The fraction of sp³-hybridized carbons (Fsp3) is 0.440. The van der Waals surface area contributed by atoms with E-state index in [4.69, 9.17) is 8.83 Å². The van der Waals surface area contributed by atoms with Crippen LogP contribution >= 0.6 is 0 Å². The zero-order valence-electron chi connectivity index (χ0n) is 18.0. The summed E-state index contributed by atoms with van der Waals surface area (Å²) >= 11 is 0. The van der Waals surface area contributed by atoms with Crippen LogP contribution in [0, 0.1) is 20.8 Å². The summed E-state index contributed by atoms with van der Waals surface area (Å²) < 4.78 is 11.3. The number of nitrogens with one attached hydrogen (secondary N) is 1. The van der Waals surface area contributed by atoms with E-state index in [0.29, 0.717) is 24.1 Å². The van der Waals surface area contributed by atoms with Crippen molar-refractivity contribution in [3.63, 3.8) is 0 Å². The molecular formula is C25H29NO4. The molecule has 5 nitrogen and oxygen atoms in total. The van der Waals surface area contributed by atoms with Gasteiger partial charge in [-0.25, -0.2) is 4.79 Å². The molecule has 0 saturated carbocycles. The molecule has 1 aliphatic carbocycles. The molecule has 0 saturated heterocycles. The summed E-state index contributed by atoms with van der Waals surface area (Å²) in [5.41, 5.74) is 5.73. The highest BCUT2D eigenvalue weighted by molar-refractivity contribution is 5.99. The van der Waals surface area contributed by atoms with Crippen LogP contribution in [0.25, 0.3) is 21.9 Å². The van der Waals surface area contributed by atoms with Crippen molar-refractivity contribution in [3.05, 3.63) is 56.7 Å². The number of rotatable bonds is 6. The third-order valence-corrected chi connectivity index (χ3v) is 6.29.